The molecule has 1 saturated heterocycles. The highest BCUT2D eigenvalue weighted by molar-refractivity contribution is 7.65. The average molecular weight is 388 g/mol. The molecule has 0 amide bonds. The fourth-order valence-electron chi connectivity index (χ4n) is 3.05. The van der Waals surface area contributed by atoms with E-state index in [1.807, 2.05) is 0 Å². The lowest BCUT2D eigenvalue weighted by molar-refractivity contribution is 0.589. The maximum Gasteiger partial charge on any atom is 0.0769 e. The number of rotatable bonds is 1. The molecule has 1 heterocycles. The summed E-state index contributed by atoms with van der Waals surface area (Å²) in [4.78, 5) is 0. The Morgan fingerprint density at radius 2 is 1.30 bits per heavy atom. The third-order valence-corrected chi connectivity index (χ3v) is 13.9. The van der Waals surface area contributed by atoms with Crippen LogP contribution in [0, 0.1) is 0 Å². The first-order valence-electron chi connectivity index (χ1n) is 8.84. The van der Waals surface area contributed by atoms with E-state index in [1.54, 1.807) is 5.30 Å². The van der Waals surface area contributed by atoms with E-state index in [1.165, 1.54) is 49.8 Å². The molecule has 1 fully saturated rings. The van der Waals surface area contributed by atoms with Gasteiger partial charge in [0.15, 0.2) is 0 Å². The zero-order chi connectivity index (χ0) is 16.5. The molecule has 1 aliphatic rings. The zero-order valence-corrected chi connectivity index (χ0v) is 18.4. The Balaban J connectivity index is 1.96. The molecule has 0 N–H and O–H groups in total. The van der Waals surface area contributed by atoms with Crippen LogP contribution in [0.1, 0.15) is 12.8 Å². The van der Waals surface area contributed by atoms with Gasteiger partial charge < -0.3 is 4.57 Å². The first-order chi connectivity index (χ1) is 11.1. The highest BCUT2D eigenvalue weighted by atomic mass is 31.1. The third-order valence-electron chi connectivity index (χ3n) is 4.60. The summed E-state index contributed by atoms with van der Waals surface area (Å²) < 4.78 is 12.2. The minimum absolute atomic E-state index is 0.0432. The van der Waals surface area contributed by atoms with Crippen molar-refractivity contribution in [2.45, 2.75) is 12.8 Å². The SMILES string of the molecule is CP1CCCP(c2ccccc2)CCCP(C)CC[PH](=O)CC1. The van der Waals surface area contributed by atoms with Crippen molar-refractivity contribution >= 4 is 36.9 Å². The minimum atomic E-state index is -1.27. The van der Waals surface area contributed by atoms with Gasteiger partial charge in [-0.25, -0.2) is 0 Å². The van der Waals surface area contributed by atoms with Gasteiger partial charge in [0, 0.05) is 12.3 Å². The van der Waals surface area contributed by atoms with Crippen LogP contribution in [0.4, 0.5) is 0 Å². The molecule has 1 aromatic rings. The fourth-order valence-corrected chi connectivity index (χ4v) is 13.1. The quantitative estimate of drug-likeness (QED) is 0.591. The van der Waals surface area contributed by atoms with Crippen molar-refractivity contribution in [3.63, 3.8) is 0 Å². The summed E-state index contributed by atoms with van der Waals surface area (Å²) in [6, 6.07) is 11.3. The fraction of sp³-hybridized carbons (Fsp3) is 0.667. The molecule has 0 aliphatic carbocycles. The molecule has 5 heteroatoms. The van der Waals surface area contributed by atoms with Gasteiger partial charge in [0.1, 0.15) is 0 Å². The van der Waals surface area contributed by atoms with E-state index >= 15 is 0 Å². The molecule has 2 atom stereocenters. The predicted molar refractivity (Wildman–Crippen MR) is 116 cm³/mol. The molecule has 0 radical (unpaired) electrons. The lowest BCUT2D eigenvalue weighted by atomic mass is 10.4. The van der Waals surface area contributed by atoms with Gasteiger partial charge in [0.05, 0.1) is 7.80 Å². The van der Waals surface area contributed by atoms with Crippen LogP contribution in [0.2, 0.25) is 0 Å². The Labute approximate surface area is 147 Å². The van der Waals surface area contributed by atoms with Gasteiger partial charge in [-0.1, -0.05) is 38.3 Å². The second kappa shape index (κ2) is 11.4. The average Bonchev–Trinajstić information content (AvgIpc) is 2.57. The van der Waals surface area contributed by atoms with Gasteiger partial charge in [0.2, 0.25) is 0 Å². The van der Waals surface area contributed by atoms with Crippen molar-refractivity contribution in [3.8, 4) is 0 Å². The summed E-state index contributed by atoms with van der Waals surface area (Å²) >= 11 is 0. The van der Waals surface area contributed by atoms with Gasteiger partial charge in [-0.3, -0.25) is 0 Å². The van der Waals surface area contributed by atoms with E-state index in [9.17, 15) is 4.57 Å². The molecule has 1 aliphatic heterocycles. The molecule has 0 saturated carbocycles. The van der Waals surface area contributed by atoms with E-state index in [4.69, 9.17) is 0 Å². The normalized spacial score (nSPS) is 32.1. The molecule has 23 heavy (non-hydrogen) atoms. The van der Waals surface area contributed by atoms with Crippen molar-refractivity contribution < 1.29 is 4.57 Å². The predicted octanol–water partition coefficient (Wildman–Crippen LogP) is 5.37. The molecule has 1 aromatic carbocycles. The zero-order valence-electron chi connectivity index (χ0n) is 14.7. The number of hydrogen-bond donors (Lipinski definition) is 0. The first kappa shape index (κ1) is 20.1. The lowest BCUT2D eigenvalue weighted by Gasteiger charge is -2.21. The second-order valence-electron chi connectivity index (χ2n) is 6.67. The third kappa shape index (κ3) is 8.10. The highest BCUT2D eigenvalue weighted by Gasteiger charge is 2.14. The van der Waals surface area contributed by atoms with E-state index in [2.05, 4.69) is 43.7 Å². The van der Waals surface area contributed by atoms with Gasteiger partial charge in [-0.15, -0.1) is 15.8 Å². The van der Waals surface area contributed by atoms with Crippen molar-refractivity contribution in [2.75, 3.05) is 62.6 Å². The standard InChI is InChI=1S/C18H32OP4/c1-20-10-6-12-22(18-8-4-3-5-9-18)13-7-11-21(2)15-17-23(19)16-14-20/h3-5,8-9,23H,6-7,10-17H2,1-2H3. The van der Waals surface area contributed by atoms with E-state index in [0.717, 1.165) is 12.3 Å². The van der Waals surface area contributed by atoms with Crippen molar-refractivity contribution in [3.05, 3.63) is 30.3 Å². The molecule has 0 spiro atoms. The maximum atomic E-state index is 12.2. The molecule has 130 valence electrons. The van der Waals surface area contributed by atoms with Crippen LogP contribution >= 0.6 is 31.6 Å². The van der Waals surface area contributed by atoms with E-state index in [-0.39, 0.29) is 23.8 Å². The van der Waals surface area contributed by atoms with Crippen LogP contribution in [-0.4, -0.2) is 62.6 Å². The summed E-state index contributed by atoms with van der Waals surface area (Å²) in [6.07, 6.45) is 12.9. The van der Waals surface area contributed by atoms with Crippen molar-refractivity contribution in [1.82, 2.24) is 0 Å². The Bertz CT molecular complexity index is 443. The smallest absolute Gasteiger partial charge is 0.0769 e. The minimum Gasteiger partial charge on any atom is -0.327 e. The highest BCUT2D eigenvalue weighted by Crippen LogP contribution is 2.43. The lowest BCUT2D eigenvalue weighted by Crippen LogP contribution is -2.09. The summed E-state index contributed by atoms with van der Waals surface area (Å²) in [7, 11) is -0.997. The van der Waals surface area contributed by atoms with Gasteiger partial charge in [-0.2, -0.15) is 0 Å². The first-order valence-corrected chi connectivity index (χ1v) is 16.7. The Hall–Kier alpha value is 0.740. The van der Waals surface area contributed by atoms with Gasteiger partial charge >= 0.3 is 0 Å². The Morgan fingerprint density at radius 3 is 1.83 bits per heavy atom. The van der Waals surface area contributed by atoms with Crippen LogP contribution in [0.5, 0.6) is 0 Å². The summed E-state index contributed by atoms with van der Waals surface area (Å²) in [5, 5.41) is 1.61. The topological polar surface area (TPSA) is 17.1 Å². The van der Waals surface area contributed by atoms with Crippen molar-refractivity contribution in [1.29, 1.82) is 0 Å². The molecular formula is C18H32OP4. The van der Waals surface area contributed by atoms with Crippen LogP contribution in [-0.2, 0) is 4.57 Å². The van der Waals surface area contributed by atoms with Crippen LogP contribution in [0.3, 0.4) is 0 Å². The molecule has 1 nitrogen and oxygen atoms in total. The van der Waals surface area contributed by atoms with Crippen LogP contribution in [0.25, 0.3) is 0 Å². The monoisotopic (exact) mass is 388 g/mol. The Kier molecular flexibility index (Phi) is 9.92. The van der Waals surface area contributed by atoms with Crippen LogP contribution in [0.15, 0.2) is 30.3 Å². The molecular weight excluding hydrogens is 356 g/mol. The summed E-state index contributed by atoms with van der Waals surface area (Å²) in [6.45, 7) is 4.85. The van der Waals surface area contributed by atoms with Gasteiger partial charge in [0.25, 0.3) is 0 Å². The molecule has 2 unspecified atom stereocenters. The molecule has 2 rings (SSSR count). The Morgan fingerprint density at radius 1 is 0.783 bits per heavy atom. The molecule has 0 bridgehead atoms. The molecule has 0 aromatic heterocycles. The van der Waals surface area contributed by atoms with E-state index in [0.29, 0.717) is 0 Å². The van der Waals surface area contributed by atoms with E-state index < -0.39 is 7.80 Å². The maximum absolute atomic E-state index is 12.2. The summed E-state index contributed by atoms with van der Waals surface area (Å²) in [5.74, 6) is 0. The van der Waals surface area contributed by atoms with Crippen LogP contribution < -0.4 is 5.30 Å². The second-order valence-corrected chi connectivity index (χ2v) is 16.5. The summed E-state index contributed by atoms with van der Waals surface area (Å²) in [5.41, 5.74) is 0. The number of benzene rings is 1. The van der Waals surface area contributed by atoms with Crippen molar-refractivity contribution in [2.24, 2.45) is 0 Å². The largest absolute Gasteiger partial charge is 0.327 e. The van der Waals surface area contributed by atoms with Gasteiger partial charge in [-0.05, 0) is 68.4 Å². The number of hydrogen-bond acceptors (Lipinski definition) is 1.